The summed E-state index contributed by atoms with van der Waals surface area (Å²) in [5, 5.41) is 7.07. The maximum atomic E-state index is 12.3. The van der Waals surface area contributed by atoms with Gasteiger partial charge in [-0.05, 0) is 54.4 Å². The Kier molecular flexibility index (Phi) is 8.44. The Morgan fingerprint density at radius 1 is 0.935 bits per heavy atom. The van der Waals surface area contributed by atoms with Crippen molar-refractivity contribution in [2.75, 3.05) is 11.1 Å². The molecule has 0 spiro atoms. The van der Waals surface area contributed by atoms with Crippen molar-refractivity contribution < 1.29 is 9.59 Å². The fourth-order valence-electron chi connectivity index (χ4n) is 2.75. The zero-order chi connectivity index (χ0) is 22.1. The van der Waals surface area contributed by atoms with Crippen LogP contribution in [0, 0.1) is 0 Å². The monoisotopic (exact) mass is 495 g/mol. The summed E-state index contributed by atoms with van der Waals surface area (Å²) in [6, 6.07) is 24.4. The summed E-state index contributed by atoms with van der Waals surface area (Å²) in [4.78, 5) is 24.4. The quantitative estimate of drug-likeness (QED) is 0.321. The van der Waals surface area contributed by atoms with E-state index >= 15 is 0 Å². The van der Waals surface area contributed by atoms with Crippen molar-refractivity contribution in [1.82, 2.24) is 5.43 Å². The summed E-state index contributed by atoms with van der Waals surface area (Å²) in [6.07, 6.45) is 0. The van der Waals surface area contributed by atoms with Gasteiger partial charge in [0.15, 0.2) is 0 Å². The maximum absolute atomic E-state index is 12.3. The molecule has 5 nitrogen and oxygen atoms in total. The first-order chi connectivity index (χ1) is 15.0. The Morgan fingerprint density at radius 2 is 1.68 bits per heavy atom. The Hall–Kier alpha value is -2.90. The average molecular weight is 496 g/mol. The number of halogens is 1. The van der Waals surface area contributed by atoms with Crippen molar-refractivity contribution in [3.8, 4) is 0 Å². The number of anilines is 1. The lowest BCUT2D eigenvalue weighted by atomic mass is 10.1. The van der Waals surface area contributed by atoms with Crippen LogP contribution in [0.3, 0.4) is 0 Å². The molecule has 0 fully saturated rings. The first kappa shape index (κ1) is 22.8. The number of benzene rings is 3. The van der Waals surface area contributed by atoms with Crippen LogP contribution in [-0.2, 0) is 10.5 Å². The highest BCUT2D eigenvalue weighted by Crippen LogP contribution is 2.17. The van der Waals surface area contributed by atoms with Crippen molar-refractivity contribution in [2.24, 2.45) is 5.10 Å². The Balaban J connectivity index is 1.52. The molecule has 0 aliphatic carbocycles. The zero-order valence-corrected chi connectivity index (χ0v) is 19.4. The number of carbonyl (C=O) groups excluding carboxylic acids is 2. The molecule has 0 unspecified atom stereocenters. The Labute approximate surface area is 194 Å². The fraction of sp³-hybridized carbons (Fsp3) is 0.125. The second-order valence-corrected chi connectivity index (χ2v) is 8.66. The van der Waals surface area contributed by atoms with Crippen molar-refractivity contribution in [1.29, 1.82) is 0 Å². The number of nitrogens with zero attached hydrogens (tertiary/aromatic N) is 1. The number of rotatable bonds is 8. The van der Waals surface area contributed by atoms with Gasteiger partial charge in [-0.15, -0.1) is 11.8 Å². The van der Waals surface area contributed by atoms with Gasteiger partial charge in [0.05, 0.1) is 11.5 Å². The maximum Gasteiger partial charge on any atom is 0.255 e. The highest BCUT2D eigenvalue weighted by molar-refractivity contribution is 9.10. The van der Waals surface area contributed by atoms with Gasteiger partial charge in [0.25, 0.3) is 5.91 Å². The molecule has 3 rings (SSSR count). The van der Waals surface area contributed by atoms with E-state index in [1.807, 2.05) is 73.7 Å². The molecule has 7 heteroatoms. The third-order valence-electron chi connectivity index (χ3n) is 4.31. The second kappa shape index (κ2) is 11.5. The lowest BCUT2D eigenvalue weighted by molar-refractivity contribution is -0.118. The van der Waals surface area contributed by atoms with Crippen LogP contribution in [-0.4, -0.2) is 23.3 Å². The molecule has 0 aromatic heterocycles. The van der Waals surface area contributed by atoms with Crippen molar-refractivity contribution >= 4 is 50.9 Å². The molecule has 0 aliphatic rings. The van der Waals surface area contributed by atoms with Crippen LogP contribution >= 0.6 is 27.7 Å². The van der Waals surface area contributed by atoms with E-state index < -0.39 is 0 Å². The minimum Gasteiger partial charge on any atom is -0.322 e. The minimum atomic E-state index is -0.178. The van der Waals surface area contributed by atoms with E-state index in [0.29, 0.717) is 22.7 Å². The largest absolute Gasteiger partial charge is 0.322 e. The minimum absolute atomic E-state index is 0.159. The van der Waals surface area contributed by atoms with E-state index in [0.717, 1.165) is 21.4 Å². The molecular formula is C24H22BrN3O2S. The highest BCUT2D eigenvalue weighted by atomic mass is 79.9. The molecule has 2 amide bonds. The summed E-state index contributed by atoms with van der Waals surface area (Å²) < 4.78 is 1.03. The van der Waals surface area contributed by atoms with Crippen LogP contribution in [0.5, 0.6) is 0 Å². The van der Waals surface area contributed by atoms with Crippen molar-refractivity contribution in [3.05, 3.63) is 100 Å². The van der Waals surface area contributed by atoms with Gasteiger partial charge in [-0.2, -0.15) is 5.10 Å². The molecule has 0 saturated heterocycles. The summed E-state index contributed by atoms with van der Waals surface area (Å²) in [7, 11) is 0. The number of hydrogen-bond acceptors (Lipinski definition) is 4. The molecule has 158 valence electrons. The van der Waals surface area contributed by atoms with Gasteiger partial charge in [-0.1, -0.05) is 58.4 Å². The summed E-state index contributed by atoms with van der Waals surface area (Å²) in [5.74, 6) is 0.728. The van der Waals surface area contributed by atoms with Gasteiger partial charge in [0.2, 0.25) is 5.91 Å². The molecule has 31 heavy (non-hydrogen) atoms. The number of nitrogens with one attached hydrogen (secondary N) is 2. The normalized spacial score (nSPS) is 11.1. The lowest BCUT2D eigenvalue weighted by Gasteiger charge is -2.08. The fourth-order valence-corrected chi connectivity index (χ4v) is 3.96. The van der Waals surface area contributed by atoms with E-state index in [4.69, 9.17) is 0 Å². The molecule has 0 aliphatic heterocycles. The van der Waals surface area contributed by atoms with Crippen LogP contribution in [0.1, 0.15) is 28.4 Å². The van der Waals surface area contributed by atoms with E-state index in [-0.39, 0.29) is 11.8 Å². The van der Waals surface area contributed by atoms with Crippen LogP contribution in [0.2, 0.25) is 0 Å². The molecule has 3 aromatic rings. The molecule has 0 atom stereocenters. The van der Waals surface area contributed by atoms with Gasteiger partial charge >= 0.3 is 0 Å². The molecule has 0 saturated carbocycles. The first-order valence-electron chi connectivity index (χ1n) is 9.63. The van der Waals surface area contributed by atoms with E-state index in [9.17, 15) is 9.59 Å². The standard InChI is InChI=1S/C24H22BrN3O2S/c1-17(27-28-23(29)16-31-15-18-7-5-11-21(25)13-18)20-10-6-12-22(14-20)26-24(30)19-8-3-2-4-9-19/h2-14H,15-16H2,1H3,(H,26,30)(H,28,29)/b27-17-. The molecule has 0 heterocycles. The highest BCUT2D eigenvalue weighted by Gasteiger charge is 2.07. The lowest BCUT2D eigenvalue weighted by Crippen LogP contribution is -2.21. The SMILES string of the molecule is C/C(=N/NC(=O)CSCc1cccc(Br)c1)c1cccc(NC(=O)c2ccccc2)c1. The number of hydrazone groups is 1. The van der Waals surface area contributed by atoms with Crippen LogP contribution < -0.4 is 10.7 Å². The van der Waals surface area contributed by atoms with E-state index in [1.165, 1.54) is 11.8 Å². The zero-order valence-electron chi connectivity index (χ0n) is 17.0. The van der Waals surface area contributed by atoms with Gasteiger partial charge in [0.1, 0.15) is 0 Å². The number of amides is 2. The summed E-state index contributed by atoms with van der Waals surface area (Å²) in [6.45, 7) is 1.81. The molecule has 3 aromatic carbocycles. The van der Waals surface area contributed by atoms with E-state index in [2.05, 4.69) is 31.8 Å². The third kappa shape index (κ3) is 7.38. The topological polar surface area (TPSA) is 70.6 Å². The number of hydrogen-bond donors (Lipinski definition) is 2. The Morgan fingerprint density at radius 3 is 2.45 bits per heavy atom. The Bertz CT molecular complexity index is 1090. The summed E-state index contributed by atoms with van der Waals surface area (Å²) in [5.41, 5.74) is 6.47. The van der Waals surface area contributed by atoms with Crippen molar-refractivity contribution in [3.63, 3.8) is 0 Å². The first-order valence-corrected chi connectivity index (χ1v) is 11.6. The predicted octanol–water partition coefficient (Wildman–Crippen LogP) is 5.48. The van der Waals surface area contributed by atoms with Crippen LogP contribution in [0.4, 0.5) is 5.69 Å². The average Bonchev–Trinajstić information content (AvgIpc) is 2.78. The molecule has 0 bridgehead atoms. The van der Waals surface area contributed by atoms with Gasteiger partial charge in [-0.3, -0.25) is 9.59 Å². The number of carbonyl (C=O) groups is 2. The van der Waals surface area contributed by atoms with Gasteiger partial charge < -0.3 is 5.32 Å². The predicted molar refractivity (Wildman–Crippen MR) is 131 cm³/mol. The second-order valence-electron chi connectivity index (χ2n) is 6.76. The van der Waals surface area contributed by atoms with Gasteiger partial charge in [0, 0.05) is 21.5 Å². The molecular weight excluding hydrogens is 474 g/mol. The van der Waals surface area contributed by atoms with Crippen molar-refractivity contribution in [2.45, 2.75) is 12.7 Å². The van der Waals surface area contributed by atoms with Crippen LogP contribution in [0.25, 0.3) is 0 Å². The van der Waals surface area contributed by atoms with E-state index in [1.54, 1.807) is 12.1 Å². The molecule has 2 N–H and O–H groups in total. The van der Waals surface area contributed by atoms with Gasteiger partial charge in [-0.25, -0.2) is 5.43 Å². The molecule has 0 radical (unpaired) electrons. The van der Waals surface area contributed by atoms with Crippen LogP contribution in [0.15, 0.2) is 88.4 Å². The smallest absolute Gasteiger partial charge is 0.255 e. The summed E-state index contributed by atoms with van der Waals surface area (Å²) >= 11 is 4.97. The third-order valence-corrected chi connectivity index (χ3v) is 5.81. The number of thioether (sulfide) groups is 1.